The van der Waals surface area contributed by atoms with Crippen LogP contribution in [0.3, 0.4) is 0 Å². The van der Waals surface area contributed by atoms with Gasteiger partial charge >= 0.3 is 0 Å². The molecule has 1 unspecified atom stereocenters. The maximum Gasteiger partial charge on any atom is 0.106 e. The fourth-order valence-corrected chi connectivity index (χ4v) is 3.40. The third-order valence-corrected chi connectivity index (χ3v) is 4.94. The van der Waals surface area contributed by atoms with Gasteiger partial charge in [0, 0.05) is 10.4 Å². The van der Waals surface area contributed by atoms with E-state index < -0.39 is 0 Å². The molecule has 0 aliphatic carbocycles. The van der Waals surface area contributed by atoms with Gasteiger partial charge in [-0.2, -0.15) is 0 Å². The third kappa shape index (κ3) is 2.20. The van der Waals surface area contributed by atoms with E-state index in [1.807, 2.05) is 26.0 Å². The summed E-state index contributed by atoms with van der Waals surface area (Å²) in [6, 6.07) is 3.69. The highest BCUT2D eigenvalue weighted by Crippen LogP contribution is 2.37. The highest BCUT2D eigenvalue weighted by Gasteiger charge is 2.18. The van der Waals surface area contributed by atoms with Crippen molar-refractivity contribution in [2.75, 3.05) is 0 Å². The summed E-state index contributed by atoms with van der Waals surface area (Å²) in [6.07, 6.45) is 0. The van der Waals surface area contributed by atoms with Gasteiger partial charge in [0.15, 0.2) is 0 Å². The lowest BCUT2D eigenvalue weighted by Gasteiger charge is -2.07. The predicted molar refractivity (Wildman–Crippen MR) is 71.2 cm³/mol. The van der Waals surface area contributed by atoms with E-state index in [4.69, 9.17) is 21.8 Å². The molecule has 0 aromatic carbocycles. The quantitative estimate of drug-likeness (QED) is 0.889. The molecule has 0 saturated heterocycles. The Morgan fingerprint density at radius 2 is 2.12 bits per heavy atom. The van der Waals surface area contributed by atoms with Gasteiger partial charge in [-0.1, -0.05) is 11.6 Å². The van der Waals surface area contributed by atoms with Crippen LogP contribution < -0.4 is 5.73 Å². The number of halogens is 2. The van der Waals surface area contributed by atoms with E-state index in [0.717, 1.165) is 25.7 Å². The van der Waals surface area contributed by atoms with Crippen molar-refractivity contribution in [1.29, 1.82) is 0 Å². The van der Waals surface area contributed by atoms with Crippen LogP contribution in [0.15, 0.2) is 20.3 Å². The molecule has 2 heterocycles. The molecule has 0 saturated carbocycles. The average Bonchev–Trinajstić information content (AvgIpc) is 2.70. The van der Waals surface area contributed by atoms with Crippen molar-refractivity contribution in [1.82, 2.24) is 0 Å². The zero-order chi connectivity index (χ0) is 11.9. The average molecular weight is 321 g/mol. The molecular weight excluding hydrogens is 310 g/mol. The molecule has 2 aromatic rings. The summed E-state index contributed by atoms with van der Waals surface area (Å²) in [5.74, 6) is 1.75. The molecule has 2 aromatic heterocycles. The lowest BCUT2D eigenvalue weighted by atomic mass is 10.1. The van der Waals surface area contributed by atoms with Gasteiger partial charge in [-0.25, -0.2) is 0 Å². The van der Waals surface area contributed by atoms with E-state index in [9.17, 15) is 0 Å². The van der Waals surface area contributed by atoms with Crippen molar-refractivity contribution in [3.05, 3.63) is 42.9 Å². The Morgan fingerprint density at radius 1 is 1.44 bits per heavy atom. The standard InChI is InChI=1S/C11H11BrClNOS/c1-5-3-7(6(2)15-5)10(14)9-4-8(13)11(12)16-9/h3-4,10H,14H2,1-2H3. The van der Waals surface area contributed by atoms with Crippen LogP contribution in [0, 0.1) is 13.8 Å². The Bertz CT molecular complexity index is 501. The van der Waals surface area contributed by atoms with Crippen molar-refractivity contribution in [2.24, 2.45) is 5.73 Å². The zero-order valence-corrected chi connectivity index (χ0v) is 12.0. The summed E-state index contributed by atoms with van der Waals surface area (Å²) in [7, 11) is 0. The molecule has 16 heavy (non-hydrogen) atoms. The molecule has 1 atom stereocenters. The highest BCUT2D eigenvalue weighted by molar-refractivity contribution is 9.11. The number of nitrogens with two attached hydrogens (primary N) is 1. The fourth-order valence-electron chi connectivity index (χ4n) is 1.63. The van der Waals surface area contributed by atoms with Crippen molar-refractivity contribution in [2.45, 2.75) is 19.9 Å². The molecular formula is C11H11BrClNOS. The molecule has 0 radical (unpaired) electrons. The fraction of sp³-hybridized carbons (Fsp3) is 0.273. The van der Waals surface area contributed by atoms with Crippen molar-refractivity contribution < 1.29 is 4.42 Å². The van der Waals surface area contributed by atoms with E-state index in [-0.39, 0.29) is 6.04 Å². The Kier molecular flexibility index (Phi) is 3.45. The maximum absolute atomic E-state index is 6.18. The molecule has 2 N–H and O–H groups in total. The van der Waals surface area contributed by atoms with Crippen LogP contribution >= 0.6 is 38.9 Å². The van der Waals surface area contributed by atoms with E-state index in [1.54, 1.807) is 11.3 Å². The summed E-state index contributed by atoms with van der Waals surface area (Å²) >= 11 is 10.9. The molecule has 86 valence electrons. The molecule has 2 rings (SSSR count). The highest BCUT2D eigenvalue weighted by atomic mass is 79.9. The van der Waals surface area contributed by atoms with E-state index in [2.05, 4.69) is 15.9 Å². The molecule has 0 fully saturated rings. The Labute approximate surface area is 112 Å². The minimum absolute atomic E-state index is 0.175. The molecule has 0 spiro atoms. The lowest BCUT2D eigenvalue weighted by Crippen LogP contribution is -2.10. The normalized spacial score (nSPS) is 13.1. The molecule has 0 bridgehead atoms. The van der Waals surface area contributed by atoms with Gasteiger partial charge < -0.3 is 10.2 Å². The van der Waals surface area contributed by atoms with Crippen LogP contribution in [0.1, 0.15) is 28.0 Å². The van der Waals surface area contributed by atoms with Crippen LogP contribution in [0.4, 0.5) is 0 Å². The van der Waals surface area contributed by atoms with Gasteiger partial charge in [0.2, 0.25) is 0 Å². The third-order valence-electron chi connectivity index (χ3n) is 2.39. The van der Waals surface area contributed by atoms with Gasteiger partial charge in [0.1, 0.15) is 11.5 Å². The van der Waals surface area contributed by atoms with Crippen LogP contribution in [0.2, 0.25) is 5.02 Å². The SMILES string of the molecule is Cc1cc(C(N)c2cc(Cl)c(Br)s2)c(C)o1. The second-order valence-corrected chi connectivity index (χ2v) is 6.43. The number of rotatable bonds is 2. The molecule has 0 aliphatic heterocycles. The molecule has 0 amide bonds. The van der Waals surface area contributed by atoms with Gasteiger partial charge in [0.25, 0.3) is 0 Å². The smallest absolute Gasteiger partial charge is 0.106 e. The Balaban J connectivity index is 2.38. The summed E-state index contributed by atoms with van der Waals surface area (Å²) in [6.45, 7) is 3.84. The largest absolute Gasteiger partial charge is 0.466 e. The molecule has 5 heteroatoms. The second kappa shape index (κ2) is 4.53. The van der Waals surface area contributed by atoms with Crippen molar-refractivity contribution in [3.8, 4) is 0 Å². The summed E-state index contributed by atoms with van der Waals surface area (Å²) in [4.78, 5) is 1.03. The summed E-state index contributed by atoms with van der Waals surface area (Å²) < 4.78 is 6.39. The molecule has 2 nitrogen and oxygen atoms in total. The number of thiophene rings is 1. The number of aryl methyl sites for hydroxylation is 2. The lowest BCUT2D eigenvalue weighted by molar-refractivity contribution is 0.500. The minimum Gasteiger partial charge on any atom is -0.466 e. The van der Waals surface area contributed by atoms with Crippen molar-refractivity contribution in [3.63, 3.8) is 0 Å². The summed E-state index contributed by atoms with van der Waals surface area (Å²) in [5.41, 5.74) is 7.20. The number of hydrogen-bond donors (Lipinski definition) is 1. The first-order chi connectivity index (χ1) is 7.49. The minimum atomic E-state index is -0.175. The monoisotopic (exact) mass is 319 g/mol. The first-order valence-corrected chi connectivity index (χ1v) is 6.75. The van der Waals surface area contributed by atoms with Gasteiger partial charge in [0.05, 0.1) is 14.9 Å². The van der Waals surface area contributed by atoms with E-state index >= 15 is 0 Å². The second-order valence-electron chi connectivity index (χ2n) is 3.62. The van der Waals surface area contributed by atoms with E-state index in [0.29, 0.717) is 5.02 Å². The molecule has 0 aliphatic rings. The van der Waals surface area contributed by atoms with Gasteiger partial charge in [-0.05, 0) is 41.9 Å². The first-order valence-electron chi connectivity index (χ1n) is 4.76. The Hall–Kier alpha value is -0.290. The zero-order valence-electron chi connectivity index (χ0n) is 8.88. The summed E-state index contributed by atoms with van der Waals surface area (Å²) in [5, 5.41) is 0.702. The van der Waals surface area contributed by atoms with Crippen LogP contribution in [-0.4, -0.2) is 0 Å². The maximum atomic E-state index is 6.18. The van der Waals surface area contributed by atoms with Crippen LogP contribution in [0.5, 0.6) is 0 Å². The van der Waals surface area contributed by atoms with Crippen LogP contribution in [0.25, 0.3) is 0 Å². The van der Waals surface area contributed by atoms with Crippen LogP contribution in [-0.2, 0) is 0 Å². The van der Waals surface area contributed by atoms with Gasteiger partial charge in [-0.15, -0.1) is 11.3 Å². The van der Waals surface area contributed by atoms with Crippen molar-refractivity contribution >= 4 is 38.9 Å². The first kappa shape index (κ1) is 12.2. The predicted octanol–water partition coefficient (Wildman–Crippen LogP) is 4.42. The number of hydrogen-bond acceptors (Lipinski definition) is 3. The van der Waals surface area contributed by atoms with Gasteiger partial charge in [-0.3, -0.25) is 0 Å². The topological polar surface area (TPSA) is 39.2 Å². The van der Waals surface area contributed by atoms with E-state index in [1.165, 1.54) is 0 Å². The number of furan rings is 1. The Morgan fingerprint density at radius 3 is 2.56 bits per heavy atom.